The molecule has 1 amide bonds. The van der Waals surface area contributed by atoms with Crippen molar-refractivity contribution in [3.05, 3.63) is 77.6 Å². The minimum atomic E-state index is -1.57. The first-order valence-electron chi connectivity index (χ1n) is 12.5. The number of Topliss-reactive ketones (excluding diaryl/α,β-unsaturated/α-hetero) is 1. The summed E-state index contributed by atoms with van der Waals surface area (Å²) < 4.78 is 30.1. The van der Waals surface area contributed by atoms with E-state index in [-0.39, 0.29) is 36.8 Å². The van der Waals surface area contributed by atoms with E-state index < -0.39 is 22.7 Å². The number of aliphatic hydroxyl groups is 1. The first-order chi connectivity index (χ1) is 19.0. The number of primary amides is 1. The molecule has 1 aliphatic heterocycles. The molecule has 2 aromatic carbocycles. The Bertz CT molecular complexity index is 1590. The summed E-state index contributed by atoms with van der Waals surface area (Å²) in [7, 11) is 1.47. The van der Waals surface area contributed by atoms with Crippen molar-refractivity contribution < 1.29 is 33.0 Å². The first kappa shape index (κ1) is 26.9. The number of nitrogens with two attached hydrogens (primary N) is 1. The molecule has 206 valence electrons. The Morgan fingerprint density at radius 2 is 1.95 bits per heavy atom. The zero-order chi connectivity index (χ0) is 28.7. The van der Waals surface area contributed by atoms with Crippen molar-refractivity contribution in [3.8, 4) is 34.2 Å². The number of amides is 1. The third-order valence-electron chi connectivity index (χ3n) is 7.24. The van der Waals surface area contributed by atoms with Gasteiger partial charge in [0.05, 0.1) is 18.4 Å². The zero-order valence-corrected chi connectivity index (χ0v) is 22.1. The number of ketones is 1. The fourth-order valence-electron chi connectivity index (χ4n) is 4.63. The van der Waals surface area contributed by atoms with Crippen LogP contribution in [0.1, 0.15) is 48.3 Å². The van der Waals surface area contributed by atoms with Crippen molar-refractivity contribution in [2.75, 3.05) is 13.7 Å². The molecule has 0 unspecified atom stereocenters. The standard InChI is InChI=1S/C29H27FN4O6/c1-28(27(31)36)14-39-25-20(28)13-23(33-24(25)16-4-7-18(30)8-5-16)29(2,37)11-10-21(35)17-6-9-19(22(12-17)38-3)26-34-32-15-40-26/h4-9,12-13,15,37H,10-11,14H2,1-3H3,(H2,31,36)/t28-,29-/m0/s1. The van der Waals surface area contributed by atoms with Crippen molar-refractivity contribution in [3.63, 3.8) is 0 Å². The molecule has 0 bridgehead atoms. The molecule has 40 heavy (non-hydrogen) atoms. The van der Waals surface area contributed by atoms with Gasteiger partial charge in [0.2, 0.25) is 12.3 Å². The summed E-state index contributed by atoms with van der Waals surface area (Å²) in [4.78, 5) is 30.2. The van der Waals surface area contributed by atoms with E-state index in [0.29, 0.717) is 39.4 Å². The van der Waals surface area contributed by atoms with Crippen LogP contribution in [0.25, 0.3) is 22.7 Å². The predicted molar refractivity (Wildman–Crippen MR) is 141 cm³/mol. The average molecular weight is 547 g/mol. The van der Waals surface area contributed by atoms with Gasteiger partial charge in [0.15, 0.2) is 5.78 Å². The van der Waals surface area contributed by atoms with E-state index in [0.717, 1.165) is 0 Å². The molecule has 0 fully saturated rings. The van der Waals surface area contributed by atoms with Crippen molar-refractivity contribution >= 4 is 11.7 Å². The van der Waals surface area contributed by atoms with Crippen LogP contribution in [0.15, 0.2) is 59.3 Å². The monoisotopic (exact) mass is 546 g/mol. The molecular formula is C29H27FN4O6. The third kappa shape index (κ3) is 4.79. The largest absolute Gasteiger partial charge is 0.496 e. The summed E-state index contributed by atoms with van der Waals surface area (Å²) >= 11 is 0. The number of nitrogens with zero attached hydrogens (tertiary/aromatic N) is 3. The van der Waals surface area contributed by atoms with E-state index >= 15 is 0 Å². The number of fused-ring (bicyclic) bond motifs is 1. The van der Waals surface area contributed by atoms with Crippen LogP contribution < -0.4 is 15.2 Å². The molecule has 3 heterocycles. The summed E-state index contributed by atoms with van der Waals surface area (Å²) in [6.07, 6.45) is 1.19. The second-order valence-corrected chi connectivity index (χ2v) is 10.1. The third-order valence-corrected chi connectivity index (χ3v) is 7.24. The van der Waals surface area contributed by atoms with Gasteiger partial charge in [-0.15, -0.1) is 10.2 Å². The van der Waals surface area contributed by atoms with E-state index in [2.05, 4.69) is 15.2 Å². The Balaban J connectivity index is 1.45. The predicted octanol–water partition coefficient (Wildman–Crippen LogP) is 3.95. The summed E-state index contributed by atoms with van der Waals surface area (Å²) in [6, 6.07) is 12.1. The summed E-state index contributed by atoms with van der Waals surface area (Å²) in [6.45, 7) is 3.20. The van der Waals surface area contributed by atoms with Crippen LogP contribution in [0, 0.1) is 5.82 Å². The smallest absolute Gasteiger partial charge is 0.251 e. The number of hydrogen-bond acceptors (Lipinski definition) is 9. The van der Waals surface area contributed by atoms with Gasteiger partial charge in [0, 0.05) is 23.1 Å². The molecule has 11 heteroatoms. The van der Waals surface area contributed by atoms with E-state index in [1.54, 1.807) is 38.1 Å². The molecule has 0 saturated heterocycles. The highest BCUT2D eigenvalue weighted by Crippen LogP contribution is 2.46. The molecule has 2 atom stereocenters. The zero-order valence-electron chi connectivity index (χ0n) is 22.1. The Morgan fingerprint density at radius 3 is 2.60 bits per heavy atom. The normalized spacial score (nSPS) is 17.5. The van der Waals surface area contributed by atoms with Gasteiger partial charge >= 0.3 is 0 Å². The van der Waals surface area contributed by atoms with Gasteiger partial charge in [-0.1, -0.05) is 6.07 Å². The molecule has 0 saturated carbocycles. The van der Waals surface area contributed by atoms with Crippen molar-refractivity contribution in [1.82, 2.24) is 15.2 Å². The van der Waals surface area contributed by atoms with Gasteiger partial charge < -0.3 is 24.7 Å². The van der Waals surface area contributed by atoms with Crippen molar-refractivity contribution in [1.29, 1.82) is 0 Å². The second kappa shape index (κ2) is 10.2. The lowest BCUT2D eigenvalue weighted by Crippen LogP contribution is -2.40. The first-order valence-corrected chi connectivity index (χ1v) is 12.5. The van der Waals surface area contributed by atoms with Gasteiger partial charge in [-0.3, -0.25) is 9.59 Å². The molecule has 4 aromatic rings. The van der Waals surface area contributed by atoms with Gasteiger partial charge in [-0.2, -0.15) is 0 Å². The van der Waals surface area contributed by atoms with E-state index in [1.807, 2.05) is 0 Å². The molecule has 0 aliphatic carbocycles. The minimum Gasteiger partial charge on any atom is -0.496 e. The molecular weight excluding hydrogens is 519 g/mol. The number of hydrogen-bond donors (Lipinski definition) is 2. The summed E-state index contributed by atoms with van der Waals surface area (Å²) in [5.74, 6) is -0.270. The summed E-state index contributed by atoms with van der Waals surface area (Å²) in [5.41, 5.74) is 5.47. The molecule has 0 spiro atoms. The lowest BCUT2D eigenvalue weighted by atomic mass is 9.81. The van der Waals surface area contributed by atoms with Gasteiger partial charge in [-0.05, 0) is 62.7 Å². The van der Waals surface area contributed by atoms with E-state index in [4.69, 9.17) is 19.6 Å². The van der Waals surface area contributed by atoms with Crippen LogP contribution in [0.3, 0.4) is 0 Å². The number of halogens is 1. The van der Waals surface area contributed by atoms with Gasteiger partial charge in [-0.25, -0.2) is 9.37 Å². The van der Waals surface area contributed by atoms with Crippen LogP contribution in [0.4, 0.5) is 4.39 Å². The maximum atomic E-state index is 13.6. The van der Waals surface area contributed by atoms with Crippen LogP contribution in [0.5, 0.6) is 11.5 Å². The average Bonchev–Trinajstić information content (AvgIpc) is 3.60. The molecule has 1 aliphatic rings. The van der Waals surface area contributed by atoms with Crippen LogP contribution in [-0.2, 0) is 15.8 Å². The van der Waals surface area contributed by atoms with E-state index in [1.165, 1.54) is 37.8 Å². The topological polar surface area (TPSA) is 151 Å². The molecule has 3 N–H and O–H groups in total. The Labute approximate surface area is 229 Å². The molecule has 10 nitrogen and oxygen atoms in total. The van der Waals surface area contributed by atoms with E-state index in [9.17, 15) is 19.1 Å². The fourth-order valence-corrected chi connectivity index (χ4v) is 4.63. The Morgan fingerprint density at radius 1 is 1.20 bits per heavy atom. The highest BCUT2D eigenvalue weighted by molar-refractivity contribution is 5.97. The van der Waals surface area contributed by atoms with Crippen molar-refractivity contribution in [2.45, 2.75) is 37.7 Å². The van der Waals surface area contributed by atoms with Gasteiger partial charge in [0.25, 0.3) is 5.89 Å². The number of carbonyl (C=O) groups excluding carboxylic acids is 2. The number of pyridine rings is 1. The van der Waals surface area contributed by atoms with Crippen LogP contribution in [-0.4, -0.2) is 45.7 Å². The molecule has 5 rings (SSSR count). The molecule has 2 aromatic heterocycles. The number of aromatic nitrogens is 3. The second-order valence-electron chi connectivity index (χ2n) is 10.1. The highest BCUT2D eigenvalue weighted by Gasteiger charge is 2.45. The van der Waals surface area contributed by atoms with Gasteiger partial charge in [0.1, 0.15) is 40.6 Å². The SMILES string of the molecule is COc1cc(C(=O)CC[C@](C)(O)c2cc3c(c(-c4ccc(F)cc4)n2)OC[C@]3(C)C(N)=O)ccc1-c1nnco1. The maximum Gasteiger partial charge on any atom is 0.251 e. The number of ether oxygens (including phenoxy) is 2. The fraction of sp³-hybridized carbons (Fsp3) is 0.276. The number of benzene rings is 2. The quantitative estimate of drug-likeness (QED) is 0.297. The lowest BCUT2D eigenvalue weighted by molar-refractivity contribution is -0.123. The Hall–Kier alpha value is -4.64. The number of methoxy groups -OCH3 is 1. The number of rotatable bonds is 9. The molecule has 0 radical (unpaired) electrons. The Kier molecular flexibility index (Phi) is 6.84. The van der Waals surface area contributed by atoms with Crippen LogP contribution >= 0.6 is 0 Å². The van der Waals surface area contributed by atoms with Crippen LogP contribution in [0.2, 0.25) is 0 Å². The van der Waals surface area contributed by atoms with Crippen molar-refractivity contribution in [2.24, 2.45) is 5.73 Å². The maximum absolute atomic E-state index is 13.6. The lowest BCUT2D eigenvalue weighted by Gasteiger charge is -2.26. The summed E-state index contributed by atoms with van der Waals surface area (Å²) in [5, 5.41) is 19.1. The minimum absolute atomic E-state index is 0.000953. The number of carbonyl (C=O) groups is 2. The highest BCUT2D eigenvalue weighted by atomic mass is 19.1.